The van der Waals surface area contributed by atoms with E-state index in [2.05, 4.69) is 4.72 Å². The number of aliphatic hydroxyl groups excluding tert-OH is 1. The van der Waals surface area contributed by atoms with E-state index < -0.39 is 15.8 Å². The number of hydrogen-bond donors (Lipinski definition) is 2. The molecule has 0 spiro atoms. The number of aliphatic hydroxyl groups is 1. The second-order valence-corrected chi connectivity index (χ2v) is 6.54. The van der Waals surface area contributed by atoms with E-state index >= 15 is 0 Å². The molecule has 1 aliphatic carbocycles. The molecular formula is C13H15FN2O3S. The second kappa shape index (κ2) is 5.87. The first-order valence-corrected chi connectivity index (χ1v) is 7.79. The molecule has 0 saturated heterocycles. The fourth-order valence-corrected chi connectivity index (χ4v) is 3.42. The molecule has 1 fully saturated rings. The van der Waals surface area contributed by atoms with Gasteiger partial charge in [0.2, 0.25) is 10.0 Å². The predicted molar refractivity (Wildman–Crippen MR) is 69.7 cm³/mol. The Morgan fingerprint density at radius 1 is 1.50 bits per heavy atom. The van der Waals surface area contributed by atoms with Crippen molar-refractivity contribution in [2.24, 2.45) is 5.92 Å². The van der Waals surface area contributed by atoms with Crippen LogP contribution in [0.25, 0.3) is 0 Å². The van der Waals surface area contributed by atoms with E-state index in [0.717, 1.165) is 31.0 Å². The molecule has 0 radical (unpaired) electrons. The smallest absolute Gasteiger partial charge is 0.240 e. The monoisotopic (exact) mass is 298 g/mol. The zero-order valence-corrected chi connectivity index (χ0v) is 11.5. The summed E-state index contributed by atoms with van der Waals surface area (Å²) in [7, 11) is -3.81. The van der Waals surface area contributed by atoms with Crippen LogP contribution in [0.15, 0.2) is 23.1 Å². The van der Waals surface area contributed by atoms with Crippen molar-refractivity contribution in [3.8, 4) is 6.07 Å². The number of nitrogens with zero attached hydrogens (tertiary/aromatic N) is 1. The Kier molecular flexibility index (Phi) is 4.38. The van der Waals surface area contributed by atoms with Gasteiger partial charge in [-0.25, -0.2) is 17.5 Å². The molecule has 1 atom stereocenters. The third kappa shape index (κ3) is 3.33. The van der Waals surface area contributed by atoms with Crippen LogP contribution in [0.4, 0.5) is 4.39 Å². The fourth-order valence-electron chi connectivity index (χ4n) is 2.05. The summed E-state index contributed by atoms with van der Waals surface area (Å²) in [5.74, 6) is -0.506. The van der Waals surface area contributed by atoms with E-state index in [-0.39, 0.29) is 29.0 Å². The molecule has 1 aromatic carbocycles. The van der Waals surface area contributed by atoms with Crippen molar-refractivity contribution < 1.29 is 17.9 Å². The Labute approximate surface area is 117 Å². The van der Waals surface area contributed by atoms with E-state index in [1.54, 1.807) is 6.07 Å². The largest absolute Gasteiger partial charge is 0.396 e. The van der Waals surface area contributed by atoms with E-state index in [9.17, 15) is 12.8 Å². The molecule has 1 saturated carbocycles. The van der Waals surface area contributed by atoms with Crippen LogP contribution in [-0.4, -0.2) is 26.2 Å². The molecule has 2 N–H and O–H groups in total. The first-order valence-electron chi connectivity index (χ1n) is 6.31. The SMILES string of the molecule is N#Cc1cc(S(=O)(=O)NC(CCO)C2CC2)ccc1F. The van der Waals surface area contributed by atoms with Crippen molar-refractivity contribution in [1.82, 2.24) is 4.72 Å². The van der Waals surface area contributed by atoms with E-state index in [1.807, 2.05) is 0 Å². The quantitative estimate of drug-likeness (QED) is 0.824. The van der Waals surface area contributed by atoms with Crippen molar-refractivity contribution >= 4 is 10.0 Å². The van der Waals surface area contributed by atoms with Gasteiger partial charge in [-0.05, 0) is 43.4 Å². The minimum absolute atomic E-state index is 0.101. The van der Waals surface area contributed by atoms with Crippen LogP contribution in [0, 0.1) is 23.1 Å². The first-order chi connectivity index (χ1) is 9.47. The summed E-state index contributed by atoms with van der Waals surface area (Å²) < 4.78 is 40.1. The Morgan fingerprint density at radius 3 is 2.75 bits per heavy atom. The molecule has 0 aliphatic heterocycles. The van der Waals surface area contributed by atoms with E-state index in [0.29, 0.717) is 6.42 Å². The molecule has 108 valence electrons. The van der Waals surface area contributed by atoms with Crippen LogP contribution in [0.2, 0.25) is 0 Å². The van der Waals surface area contributed by atoms with Crippen LogP contribution in [0.5, 0.6) is 0 Å². The van der Waals surface area contributed by atoms with Crippen LogP contribution in [0.1, 0.15) is 24.8 Å². The summed E-state index contributed by atoms with van der Waals surface area (Å²) in [6.07, 6.45) is 2.20. The predicted octanol–water partition coefficient (Wildman–Crippen LogP) is 1.14. The number of benzene rings is 1. The van der Waals surface area contributed by atoms with Crippen molar-refractivity contribution in [1.29, 1.82) is 5.26 Å². The maximum atomic E-state index is 13.2. The summed E-state index contributed by atoms with van der Waals surface area (Å²) in [5.41, 5.74) is -0.307. The number of nitriles is 1. The van der Waals surface area contributed by atoms with Gasteiger partial charge in [-0.2, -0.15) is 5.26 Å². The molecule has 5 nitrogen and oxygen atoms in total. The van der Waals surface area contributed by atoms with Crippen molar-refractivity contribution in [3.05, 3.63) is 29.6 Å². The van der Waals surface area contributed by atoms with Gasteiger partial charge >= 0.3 is 0 Å². The summed E-state index contributed by atoms with van der Waals surface area (Å²) in [4.78, 5) is -0.140. The lowest BCUT2D eigenvalue weighted by atomic mass is 10.1. The molecule has 1 aliphatic rings. The summed E-state index contributed by atoms with van der Waals surface area (Å²) in [6, 6.07) is 4.40. The third-order valence-electron chi connectivity index (χ3n) is 3.31. The van der Waals surface area contributed by atoms with Crippen molar-refractivity contribution in [3.63, 3.8) is 0 Å². The molecular weight excluding hydrogens is 283 g/mol. The molecule has 0 heterocycles. The van der Waals surface area contributed by atoms with Crippen LogP contribution in [-0.2, 0) is 10.0 Å². The van der Waals surface area contributed by atoms with Gasteiger partial charge in [-0.3, -0.25) is 0 Å². The number of sulfonamides is 1. The standard InChI is InChI=1S/C13H15FN2O3S/c14-12-4-3-11(7-10(12)8-15)20(18,19)16-13(5-6-17)9-1-2-9/h3-4,7,9,13,16-17H,1-2,5-6H2. The minimum atomic E-state index is -3.81. The highest BCUT2D eigenvalue weighted by Gasteiger charge is 2.34. The maximum Gasteiger partial charge on any atom is 0.240 e. The molecule has 0 bridgehead atoms. The summed E-state index contributed by atoms with van der Waals surface area (Å²) >= 11 is 0. The average molecular weight is 298 g/mol. The minimum Gasteiger partial charge on any atom is -0.396 e. The first kappa shape index (κ1) is 14.9. The zero-order chi connectivity index (χ0) is 14.8. The van der Waals surface area contributed by atoms with Gasteiger partial charge in [-0.15, -0.1) is 0 Å². The highest BCUT2D eigenvalue weighted by Crippen LogP contribution is 2.34. The highest BCUT2D eigenvalue weighted by atomic mass is 32.2. The normalized spacial score (nSPS) is 16.6. The van der Waals surface area contributed by atoms with Gasteiger partial charge in [0.15, 0.2) is 0 Å². The van der Waals surface area contributed by atoms with Gasteiger partial charge in [0.25, 0.3) is 0 Å². The lowest BCUT2D eigenvalue weighted by Gasteiger charge is -2.17. The highest BCUT2D eigenvalue weighted by molar-refractivity contribution is 7.89. The van der Waals surface area contributed by atoms with Crippen LogP contribution in [0.3, 0.4) is 0 Å². The third-order valence-corrected chi connectivity index (χ3v) is 4.79. The number of halogens is 1. The molecule has 0 amide bonds. The van der Waals surface area contributed by atoms with Gasteiger partial charge in [-0.1, -0.05) is 0 Å². The lowest BCUT2D eigenvalue weighted by molar-refractivity contribution is 0.265. The van der Waals surface area contributed by atoms with Crippen LogP contribution >= 0.6 is 0 Å². The van der Waals surface area contributed by atoms with Crippen molar-refractivity contribution in [2.45, 2.75) is 30.2 Å². The summed E-state index contributed by atoms with van der Waals surface area (Å²) in [6.45, 7) is -0.101. The van der Waals surface area contributed by atoms with Crippen molar-refractivity contribution in [2.75, 3.05) is 6.61 Å². The molecule has 1 aromatic rings. The molecule has 1 unspecified atom stereocenters. The summed E-state index contributed by atoms with van der Waals surface area (Å²) in [5, 5.41) is 17.7. The van der Waals surface area contributed by atoms with Gasteiger partial charge in [0, 0.05) is 12.6 Å². The zero-order valence-electron chi connectivity index (χ0n) is 10.7. The molecule has 0 aromatic heterocycles. The Hall–Kier alpha value is -1.49. The number of rotatable bonds is 6. The topological polar surface area (TPSA) is 90.2 Å². The van der Waals surface area contributed by atoms with E-state index in [1.165, 1.54) is 0 Å². The van der Waals surface area contributed by atoms with Gasteiger partial charge in [0.05, 0.1) is 10.5 Å². The van der Waals surface area contributed by atoms with Crippen LogP contribution < -0.4 is 4.72 Å². The number of hydrogen-bond acceptors (Lipinski definition) is 4. The average Bonchev–Trinajstić information content (AvgIpc) is 3.22. The fraction of sp³-hybridized carbons (Fsp3) is 0.462. The Morgan fingerprint density at radius 2 is 2.20 bits per heavy atom. The number of nitrogens with one attached hydrogen (secondary N) is 1. The lowest BCUT2D eigenvalue weighted by Crippen LogP contribution is -2.37. The molecule has 20 heavy (non-hydrogen) atoms. The second-order valence-electron chi connectivity index (χ2n) is 4.83. The Bertz CT molecular complexity index is 636. The maximum absolute atomic E-state index is 13.2. The Balaban J connectivity index is 2.23. The van der Waals surface area contributed by atoms with Gasteiger partial charge in [0.1, 0.15) is 11.9 Å². The molecule has 2 rings (SSSR count). The van der Waals surface area contributed by atoms with Gasteiger partial charge < -0.3 is 5.11 Å². The molecule has 7 heteroatoms. The van der Waals surface area contributed by atoms with E-state index in [4.69, 9.17) is 10.4 Å².